The molecule has 1 fully saturated rings. The average molecular weight is 444 g/mol. The fourth-order valence-corrected chi connectivity index (χ4v) is 4.14. The van der Waals surface area contributed by atoms with Crippen LogP contribution in [-0.4, -0.2) is 76.9 Å². The number of amides is 4. The van der Waals surface area contributed by atoms with E-state index in [0.29, 0.717) is 0 Å². The molecule has 0 spiro atoms. The normalized spacial score (nSPS) is 19.1. The molecule has 14 nitrogen and oxygen atoms in total. The van der Waals surface area contributed by atoms with Crippen molar-refractivity contribution < 1.29 is 46.5 Å². The molecule has 0 aromatic carbocycles. The van der Waals surface area contributed by atoms with Crippen molar-refractivity contribution in [3.05, 3.63) is 0 Å². The van der Waals surface area contributed by atoms with Crippen molar-refractivity contribution in [2.75, 3.05) is 26.4 Å². The van der Waals surface area contributed by atoms with Gasteiger partial charge in [-0.3, -0.25) is 0 Å². The van der Waals surface area contributed by atoms with Crippen LogP contribution in [0.5, 0.6) is 0 Å². The zero-order valence-corrected chi connectivity index (χ0v) is 17.1. The van der Waals surface area contributed by atoms with Gasteiger partial charge >= 0.3 is 24.4 Å². The topological polar surface area (TPSA) is 152 Å². The van der Waals surface area contributed by atoms with Gasteiger partial charge < -0.3 is 18.9 Å². The van der Waals surface area contributed by atoms with E-state index in [1.165, 1.54) is 27.7 Å². The first-order chi connectivity index (χ1) is 13.3. The van der Waals surface area contributed by atoms with Crippen LogP contribution < -0.4 is 0 Å². The van der Waals surface area contributed by atoms with Crippen LogP contribution in [0.25, 0.3) is 0 Å². The first-order valence-electron chi connectivity index (χ1n) is 7.97. The third kappa shape index (κ3) is 4.80. The average Bonchev–Trinajstić information content (AvgIpc) is 2.62. The lowest BCUT2D eigenvalue weighted by Crippen LogP contribution is -2.69. The minimum absolute atomic E-state index is 0.0737. The molecule has 0 aromatic rings. The van der Waals surface area contributed by atoms with Crippen LogP contribution >= 0.6 is 0 Å². The molecule has 16 heteroatoms. The molecule has 1 aliphatic rings. The molecule has 0 aromatic heterocycles. The molecule has 0 unspecified atom stereocenters. The standard InChI is InChI=1S/C12H20N4O10S2/c1-5-23-9(17)13-14(10(18)24-6-2)28(22)16(12(20)26-8-4)15(27(13)21)11(19)25-7-3/h5-8H2,1-4H3. The van der Waals surface area contributed by atoms with Gasteiger partial charge in [-0.1, -0.05) is 17.7 Å². The van der Waals surface area contributed by atoms with Crippen molar-refractivity contribution in [3.63, 3.8) is 0 Å². The van der Waals surface area contributed by atoms with Crippen LogP contribution in [0, 0.1) is 0 Å². The van der Waals surface area contributed by atoms with Gasteiger partial charge in [0.1, 0.15) is 0 Å². The SMILES string of the molecule is CCOC(=O)N1N(C(=O)OCC)S(=O)N(C(=O)OCC)N(C(=O)OCC)S1=O. The second kappa shape index (κ2) is 10.6. The van der Waals surface area contributed by atoms with Gasteiger partial charge in [0.15, 0.2) is 0 Å². The minimum Gasteiger partial charge on any atom is -0.448 e. The van der Waals surface area contributed by atoms with Crippen molar-refractivity contribution in [1.29, 1.82) is 0 Å². The first-order valence-corrected chi connectivity index (χ1v) is 10.1. The summed E-state index contributed by atoms with van der Waals surface area (Å²) >= 11 is -5.87. The molecule has 1 heterocycles. The van der Waals surface area contributed by atoms with Gasteiger partial charge in [0.2, 0.25) is 0 Å². The number of carbonyl (C=O) groups is 4. The third-order valence-electron chi connectivity index (χ3n) is 2.62. The van der Waals surface area contributed by atoms with E-state index in [2.05, 4.69) is 18.9 Å². The summed E-state index contributed by atoms with van der Waals surface area (Å²) in [7, 11) is 0. The Balaban J connectivity index is 3.52. The van der Waals surface area contributed by atoms with Crippen molar-refractivity contribution in [2.24, 2.45) is 0 Å². The molecule has 1 aliphatic heterocycles. The number of hydrogen-bond donors (Lipinski definition) is 0. The van der Waals surface area contributed by atoms with Gasteiger partial charge in [-0.15, -0.1) is 0 Å². The number of carbonyl (C=O) groups excluding carboxylic acids is 4. The second-order valence-electron chi connectivity index (χ2n) is 4.35. The van der Waals surface area contributed by atoms with Crippen LogP contribution in [0.2, 0.25) is 0 Å². The molecular weight excluding hydrogens is 424 g/mol. The molecule has 1 rings (SSSR count). The molecule has 160 valence electrons. The van der Waals surface area contributed by atoms with Crippen LogP contribution in [0.1, 0.15) is 27.7 Å². The van der Waals surface area contributed by atoms with E-state index >= 15 is 0 Å². The fourth-order valence-electron chi connectivity index (χ4n) is 1.67. The molecule has 0 atom stereocenters. The number of nitrogens with zero attached hydrogens (tertiary/aromatic N) is 4. The van der Waals surface area contributed by atoms with Crippen LogP contribution in [0.3, 0.4) is 0 Å². The van der Waals surface area contributed by atoms with Crippen molar-refractivity contribution in [3.8, 4) is 0 Å². The predicted octanol–water partition coefficient (Wildman–Crippen LogP) is 0.821. The lowest BCUT2D eigenvalue weighted by molar-refractivity contribution is 0.0320. The number of rotatable bonds is 4. The molecule has 0 aliphatic carbocycles. The highest BCUT2D eigenvalue weighted by molar-refractivity contribution is 7.87. The molecule has 0 saturated carbocycles. The summed E-state index contributed by atoms with van der Waals surface area (Å²) in [6.45, 7) is 4.89. The van der Waals surface area contributed by atoms with E-state index < -0.39 is 46.7 Å². The van der Waals surface area contributed by atoms with E-state index in [-0.39, 0.29) is 44.1 Å². The molecule has 0 N–H and O–H groups in total. The summed E-state index contributed by atoms with van der Waals surface area (Å²) in [5.41, 5.74) is 0. The predicted molar refractivity (Wildman–Crippen MR) is 91.7 cm³/mol. The Morgan fingerprint density at radius 3 is 0.857 bits per heavy atom. The molecule has 4 amide bonds. The van der Waals surface area contributed by atoms with Crippen molar-refractivity contribution in [2.45, 2.75) is 27.7 Å². The Morgan fingerprint density at radius 2 is 0.714 bits per heavy atom. The summed E-state index contributed by atoms with van der Waals surface area (Å²) in [6, 6.07) is 0. The highest BCUT2D eigenvalue weighted by atomic mass is 32.2. The summed E-state index contributed by atoms with van der Waals surface area (Å²) in [4.78, 5) is 48.9. The lowest BCUT2D eigenvalue weighted by Gasteiger charge is -2.41. The Bertz CT molecular complexity index is 567. The monoisotopic (exact) mass is 444 g/mol. The van der Waals surface area contributed by atoms with Gasteiger partial charge in [0.25, 0.3) is 22.3 Å². The second-order valence-corrected chi connectivity index (χ2v) is 6.66. The van der Waals surface area contributed by atoms with Gasteiger partial charge in [0, 0.05) is 0 Å². The molecule has 0 bridgehead atoms. The number of ether oxygens (including phenoxy) is 4. The molecule has 28 heavy (non-hydrogen) atoms. The van der Waals surface area contributed by atoms with E-state index in [9.17, 15) is 27.6 Å². The fraction of sp³-hybridized carbons (Fsp3) is 0.667. The third-order valence-corrected chi connectivity index (χ3v) is 5.26. The lowest BCUT2D eigenvalue weighted by atomic mass is 10.9. The van der Waals surface area contributed by atoms with Crippen LogP contribution in [0.4, 0.5) is 19.2 Å². The molecule has 1 saturated heterocycles. The smallest absolute Gasteiger partial charge is 0.444 e. The van der Waals surface area contributed by atoms with E-state index in [0.717, 1.165) is 0 Å². The highest BCUT2D eigenvalue weighted by Crippen LogP contribution is 2.26. The zero-order valence-electron chi connectivity index (χ0n) is 15.5. The Kier molecular flexibility index (Phi) is 8.90. The van der Waals surface area contributed by atoms with E-state index in [1.54, 1.807) is 0 Å². The number of hydrogen-bond acceptors (Lipinski definition) is 10. The summed E-state index contributed by atoms with van der Waals surface area (Å²) in [5, 5.41) is 0. The van der Waals surface area contributed by atoms with Gasteiger partial charge in [0.05, 0.1) is 26.4 Å². The van der Waals surface area contributed by atoms with Gasteiger partial charge in [-0.25, -0.2) is 27.6 Å². The minimum atomic E-state index is -2.93. The summed E-state index contributed by atoms with van der Waals surface area (Å²) in [5.74, 6) is 0. The molecular formula is C12H20N4O10S2. The van der Waals surface area contributed by atoms with Gasteiger partial charge in [-0.05, 0) is 27.7 Å². The van der Waals surface area contributed by atoms with Crippen molar-refractivity contribution >= 4 is 46.7 Å². The maximum atomic E-state index is 12.9. The van der Waals surface area contributed by atoms with Crippen LogP contribution in [0.15, 0.2) is 0 Å². The molecule has 0 radical (unpaired) electrons. The highest BCUT2D eigenvalue weighted by Gasteiger charge is 2.55. The van der Waals surface area contributed by atoms with Crippen LogP contribution in [-0.2, 0) is 41.3 Å². The Labute approximate surface area is 165 Å². The first kappa shape index (κ1) is 23.4. The zero-order chi connectivity index (χ0) is 21.4. The van der Waals surface area contributed by atoms with Gasteiger partial charge in [-0.2, -0.15) is 0 Å². The van der Waals surface area contributed by atoms with E-state index in [4.69, 9.17) is 0 Å². The Morgan fingerprint density at radius 1 is 0.536 bits per heavy atom. The quantitative estimate of drug-likeness (QED) is 0.570. The summed E-state index contributed by atoms with van der Waals surface area (Å²) < 4.78 is 44.8. The maximum absolute atomic E-state index is 12.9. The van der Waals surface area contributed by atoms with Crippen molar-refractivity contribution in [1.82, 2.24) is 17.7 Å². The van der Waals surface area contributed by atoms with E-state index in [1.807, 2.05) is 0 Å². The number of hydrazine groups is 2. The maximum Gasteiger partial charge on any atom is 0.444 e. The Hall–Kier alpha value is -2.62. The summed E-state index contributed by atoms with van der Waals surface area (Å²) in [6.07, 6.45) is -5.56. The largest absolute Gasteiger partial charge is 0.448 e.